The molecule has 118 valence electrons. The number of halogens is 1. The Balaban J connectivity index is 2.29. The third-order valence-electron chi connectivity index (χ3n) is 4.76. The molecule has 0 radical (unpaired) electrons. The summed E-state index contributed by atoms with van der Waals surface area (Å²) < 4.78 is 1.52. The number of rotatable bonds is 6. The second-order valence-corrected chi connectivity index (χ2v) is 6.96. The van der Waals surface area contributed by atoms with E-state index in [1.165, 1.54) is 23.9 Å². The van der Waals surface area contributed by atoms with Gasteiger partial charge in [0.1, 0.15) is 5.69 Å². The Hall–Kier alpha value is -1.07. The van der Waals surface area contributed by atoms with E-state index in [2.05, 4.69) is 24.3 Å². The lowest BCUT2D eigenvalue weighted by molar-refractivity contribution is 0.261. The van der Waals surface area contributed by atoms with E-state index in [1.807, 2.05) is 6.92 Å². The van der Waals surface area contributed by atoms with Crippen molar-refractivity contribution in [3.8, 4) is 0 Å². The molecule has 1 heterocycles. The van der Waals surface area contributed by atoms with Crippen molar-refractivity contribution in [1.82, 2.24) is 9.78 Å². The summed E-state index contributed by atoms with van der Waals surface area (Å²) in [5.41, 5.74) is 5.75. The van der Waals surface area contributed by atoms with Gasteiger partial charge in [-0.15, -0.1) is 0 Å². The van der Waals surface area contributed by atoms with Gasteiger partial charge in [-0.3, -0.25) is 4.79 Å². The normalized spacial score (nSPS) is 18.4. The van der Waals surface area contributed by atoms with Crippen molar-refractivity contribution in [3.05, 3.63) is 21.6 Å². The molecule has 0 aliphatic heterocycles. The van der Waals surface area contributed by atoms with Gasteiger partial charge in [0.15, 0.2) is 0 Å². The second kappa shape index (κ2) is 6.36. The smallest absolute Gasteiger partial charge is 0.291 e. The highest BCUT2D eigenvalue weighted by atomic mass is 35.5. The molecular weight excluding hydrogens is 288 g/mol. The number of nitrogens with zero attached hydrogens (tertiary/aromatic N) is 2. The van der Waals surface area contributed by atoms with Crippen LogP contribution in [0.3, 0.4) is 0 Å². The van der Waals surface area contributed by atoms with Gasteiger partial charge < -0.3 is 11.1 Å². The molecule has 1 aromatic rings. The van der Waals surface area contributed by atoms with E-state index in [0.717, 1.165) is 0 Å². The topological polar surface area (TPSA) is 72.9 Å². The number of nitrogens with two attached hydrogens (primary N) is 1. The molecule has 1 fully saturated rings. The van der Waals surface area contributed by atoms with Gasteiger partial charge in [-0.2, -0.15) is 5.10 Å². The zero-order valence-corrected chi connectivity index (χ0v) is 13.8. The van der Waals surface area contributed by atoms with E-state index in [9.17, 15) is 4.79 Å². The SMILES string of the molecule is CC(C)C(C)(CN)Nc1c(Cl)cnn(CC2CCC2)c1=O. The van der Waals surface area contributed by atoms with Gasteiger partial charge in [-0.25, -0.2) is 4.68 Å². The highest BCUT2D eigenvalue weighted by molar-refractivity contribution is 6.33. The number of hydrogen-bond acceptors (Lipinski definition) is 4. The monoisotopic (exact) mass is 312 g/mol. The lowest BCUT2D eigenvalue weighted by atomic mass is 9.85. The van der Waals surface area contributed by atoms with Crippen LogP contribution in [0.2, 0.25) is 5.02 Å². The lowest BCUT2D eigenvalue weighted by Crippen LogP contribution is -2.49. The van der Waals surface area contributed by atoms with Crippen LogP contribution in [0.4, 0.5) is 5.69 Å². The molecule has 0 amide bonds. The van der Waals surface area contributed by atoms with Gasteiger partial charge in [0, 0.05) is 18.6 Å². The quantitative estimate of drug-likeness (QED) is 0.846. The van der Waals surface area contributed by atoms with Crippen molar-refractivity contribution in [2.24, 2.45) is 17.6 Å². The zero-order chi connectivity index (χ0) is 15.6. The van der Waals surface area contributed by atoms with Gasteiger partial charge in [0.2, 0.25) is 0 Å². The summed E-state index contributed by atoms with van der Waals surface area (Å²) in [5.74, 6) is 0.835. The van der Waals surface area contributed by atoms with Crippen molar-refractivity contribution < 1.29 is 0 Å². The minimum Gasteiger partial charge on any atom is -0.373 e. The molecule has 1 aromatic heterocycles. The van der Waals surface area contributed by atoms with Crippen LogP contribution in [0.1, 0.15) is 40.0 Å². The summed E-state index contributed by atoms with van der Waals surface area (Å²) in [5, 5.41) is 7.77. The summed E-state index contributed by atoms with van der Waals surface area (Å²) in [6.07, 6.45) is 5.13. The predicted molar refractivity (Wildman–Crippen MR) is 86.8 cm³/mol. The molecule has 1 saturated carbocycles. The maximum Gasteiger partial charge on any atom is 0.291 e. The molecule has 1 aliphatic rings. The van der Waals surface area contributed by atoms with E-state index < -0.39 is 0 Å². The molecular formula is C15H25ClN4O. The van der Waals surface area contributed by atoms with Gasteiger partial charge in [-0.1, -0.05) is 31.9 Å². The van der Waals surface area contributed by atoms with Crippen LogP contribution in [0.15, 0.2) is 11.0 Å². The first-order chi connectivity index (χ1) is 9.87. The van der Waals surface area contributed by atoms with E-state index in [4.69, 9.17) is 17.3 Å². The molecule has 0 aromatic carbocycles. The molecule has 5 nitrogen and oxygen atoms in total. The van der Waals surface area contributed by atoms with E-state index in [-0.39, 0.29) is 17.0 Å². The molecule has 21 heavy (non-hydrogen) atoms. The van der Waals surface area contributed by atoms with Gasteiger partial charge in [-0.05, 0) is 31.6 Å². The largest absolute Gasteiger partial charge is 0.373 e. The van der Waals surface area contributed by atoms with Gasteiger partial charge in [0.05, 0.1) is 11.2 Å². The number of aromatic nitrogens is 2. The third-order valence-corrected chi connectivity index (χ3v) is 5.05. The average molecular weight is 313 g/mol. The van der Waals surface area contributed by atoms with Gasteiger partial charge >= 0.3 is 0 Å². The van der Waals surface area contributed by atoms with Crippen molar-refractivity contribution in [3.63, 3.8) is 0 Å². The van der Waals surface area contributed by atoms with Crippen LogP contribution in [-0.2, 0) is 6.54 Å². The van der Waals surface area contributed by atoms with Crippen LogP contribution in [0.5, 0.6) is 0 Å². The Kier molecular flexibility index (Phi) is 4.94. The lowest BCUT2D eigenvalue weighted by Gasteiger charge is -2.34. The first-order valence-electron chi connectivity index (χ1n) is 7.61. The summed E-state index contributed by atoms with van der Waals surface area (Å²) in [4.78, 5) is 12.6. The van der Waals surface area contributed by atoms with Gasteiger partial charge in [0.25, 0.3) is 5.56 Å². The highest BCUT2D eigenvalue weighted by Crippen LogP contribution is 2.28. The molecule has 0 bridgehead atoms. The second-order valence-electron chi connectivity index (χ2n) is 6.55. The summed E-state index contributed by atoms with van der Waals surface area (Å²) in [6, 6.07) is 0. The van der Waals surface area contributed by atoms with Crippen molar-refractivity contribution >= 4 is 17.3 Å². The minimum absolute atomic E-state index is 0.158. The van der Waals surface area contributed by atoms with Crippen LogP contribution in [0.25, 0.3) is 0 Å². The van der Waals surface area contributed by atoms with Crippen LogP contribution >= 0.6 is 11.6 Å². The van der Waals surface area contributed by atoms with E-state index in [1.54, 1.807) is 6.20 Å². The number of anilines is 1. The minimum atomic E-state index is -0.377. The first kappa shape index (κ1) is 16.3. The molecule has 0 saturated heterocycles. The Morgan fingerprint density at radius 3 is 2.71 bits per heavy atom. The van der Waals surface area contributed by atoms with Crippen molar-refractivity contribution in [2.75, 3.05) is 11.9 Å². The Labute approximate surface area is 130 Å². The van der Waals surface area contributed by atoms with Crippen LogP contribution < -0.4 is 16.6 Å². The molecule has 1 atom stereocenters. The summed E-state index contributed by atoms with van der Waals surface area (Å²) >= 11 is 6.17. The fraction of sp³-hybridized carbons (Fsp3) is 0.733. The standard InChI is InChI=1S/C15H25ClN4O/c1-10(2)15(3,9-17)19-13-12(16)7-18-20(14(13)21)8-11-5-4-6-11/h7,10-11,19H,4-6,8-9,17H2,1-3H3. The molecule has 1 aliphatic carbocycles. The summed E-state index contributed by atoms with van der Waals surface area (Å²) in [6.45, 7) is 7.24. The van der Waals surface area contributed by atoms with Crippen LogP contribution in [0, 0.1) is 11.8 Å². The molecule has 1 unspecified atom stereocenters. The van der Waals surface area contributed by atoms with Crippen molar-refractivity contribution in [2.45, 2.75) is 52.1 Å². The fourth-order valence-corrected chi connectivity index (χ4v) is 2.52. The van der Waals surface area contributed by atoms with Crippen LogP contribution in [-0.4, -0.2) is 21.9 Å². The predicted octanol–water partition coefficient (Wildman–Crippen LogP) is 2.48. The summed E-state index contributed by atoms with van der Waals surface area (Å²) in [7, 11) is 0. The Bertz CT molecular complexity index is 553. The number of nitrogens with one attached hydrogen (secondary N) is 1. The highest BCUT2D eigenvalue weighted by Gasteiger charge is 2.29. The average Bonchev–Trinajstić information content (AvgIpc) is 2.40. The third kappa shape index (κ3) is 3.40. The number of hydrogen-bond donors (Lipinski definition) is 2. The Morgan fingerprint density at radius 2 is 2.24 bits per heavy atom. The molecule has 3 N–H and O–H groups in total. The Morgan fingerprint density at radius 1 is 1.57 bits per heavy atom. The molecule has 6 heteroatoms. The maximum atomic E-state index is 12.6. The van der Waals surface area contributed by atoms with Crippen molar-refractivity contribution in [1.29, 1.82) is 0 Å². The molecule has 0 spiro atoms. The fourth-order valence-electron chi connectivity index (χ4n) is 2.35. The van der Waals surface area contributed by atoms with E-state index >= 15 is 0 Å². The molecule has 2 rings (SSSR count). The first-order valence-corrected chi connectivity index (χ1v) is 7.99. The zero-order valence-electron chi connectivity index (χ0n) is 13.0. The maximum absolute atomic E-state index is 12.6. The van der Waals surface area contributed by atoms with E-state index in [0.29, 0.717) is 29.7 Å².